The van der Waals surface area contributed by atoms with E-state index in [2.05, 4.69) is 10.3 Å². The van der Waals surface area contributed by atoms with Crippen LogP contribution in [-0.4, -0.2) is 35.0 Å². The molecule has 0 spiro atoms. The van der Waals surface area contributed by atoms with Crippen molar-refractivity contribution in [3.8, 4) is 0 Å². The summed E-state index contributed by atoms with van der Waals surface area (Å²) in [6, 6.07) is 3.12. The molecule has 0 aliphatic carbocycles. The van der Waals surface area contributed by atoms with E-state index in [0.29, 0.717) is 23.7 Å². The maximum Gasteiger partial charge on any atom is 0.324 e. The SMILES string of the molecule is CCCCNC(=O)N(CCc1ncccc1Cl)C(=N)N. The van der Waals surface area contributed by atoms with Gasteiger partial charge in [-0.3, -0.25) is 15.3 Å². The summed E-state index contributed by atoms with van der Waals surface area (Å²) in [6.45, 7) is 2.88. The molecular formula is C13H20ClN5O. The number of pyridine rings is 1. The number of unbranched alkanes of at least 4 members (excludes halogenated alkanes) is 1. The fourth-order valence-corrected chi connectivity index (χ4v) is 1.83. The van der Waals surface area contributed by atoms with Crippen molar-refractivity contribution in [2.45, 2.75) is 26.2 Å². The van der Waals surface area contributed by atoms with E-state index in [1.165, 1.54) is 4.90 Å². The highest BCUT2D eigenvalue weighted by molar-refractivity contribution is 6.31. The Bertz CT molecular complexity index is 466. The molecule has 1 aromatic rings. The van der Waals surface area contributed by atoms with Crippen LogP contribution in [0, 0.1) is 5.41 Å². The summed E-state index contributed by atoms with van der Waals surface area (Å²) in [5.41, 5.74) is 6.12. The van der Waals surface area contributed by atoms with Crippen molar-refractivity contribution in [2.24, 2.45) is 5.73 Å². The fourth-order valence-electron chi connectivity index (χ4n) is 1.62. The zero-order valence-corrected chi connectivity index (χ0v) is 12.3. The molecule has 20 heavy (non-hydrogen) atoms. The molecule has 7 heteroatoms. The normalized spacial score (nSPS) is 10.1. The Morgan fingerprint density at radius 3 is 2.95 bits per heavy atom. The fraction of sp³-hybridized carbons (Fsp3) is 0.462. The first-order chi connectivity index (χ1) is 9.56. The number of hydrogen-bond donors (Lipinski definition) is 3. The second-order valence-corrected chi connectivity index (χ2v) is 4.71. The van der Waals surface area contributed by atoms with Crippen LogP contribution in [0.2, 0.25) is 5.02 Å². The van der Waals surface area contributed by atoms with Gasteiger partial charge in [0.1, 0.15) is 0 Å². The third kappa shape index (κ3) is 5.05. The zero-order valence-electron chi connectivity index (χ0n) is 11.5. The van der Waals surface area contributed by atoms with Crippen molar-refractivity contribution in [1.82, 2.24) is 15.2 Å². The number of aromatic nitrogens is 1. The van der Waals surface area contributed by atoms with Crippen LogP contribution in [0.4, 0.5) is 4.79 Å². The molecule has 1 aromatic heterocycles. The van der Waals surface area contributed by atoms with Crippen molar-refractivity contribution in [3.05, 3.63) is 29.0 Å². The molecule has 0 bridgehead atoms. The van der Waals surface area contributed by atoms with Crippen LogP contribution in [0.25, 0.3) is 0 Å². The Balaban J connectivity index is 2.57. The standard InChI is InChI=1S/C13H20ClN5O/c1-2-3-7-18-13(20)19(12(15)16)9-6-11-10(14)5-4-8-17-11/h4-5,8H,2-3,6-7,9H2,1H3,(H3,15,16)(H,18,20). The second-order valence-electron chi connectivity index (χ2n) is 4.30. The van der Waals surface area contributed by atoms with E-state index in [9.17, 15) is 4.79 Å². The molecule has 1 heterocycles. The Morgan fingerprint density at radius 1 is 1.60 bits per heavy atom. The summed E-state index contributed by atoms with van der Waals surface area (Å²) >= 11 is 6.00. The highest BCUT2D eigenvalue weighted by atomic mass is 35.5. The van der Waals surface area contributed by atoms with Gasteiger partial charge in [0.2, 0.25) is 0 Å². The van der Waals surface area contributed by atoms with Crippen molar-refractivity contribution in [3.63, 3.8) is 0 Å². The average molecular weight is 298 g/mol. The molecule has 0 aliphatic rings. The van der Waals surface area contributed by atoms with E-state index in [1.54, 1.807) is 18.3 Å². The molecule has 0 aliphatic heterocycles. The van der Waals surface area contributed by atoms with Gasteiger partial charge in [-0.1, -0.05) is 24.9 Å². The number of nitrogens with one attached hydrogen (secondary N) is 2. The lowest BCUT2D eigenvalue weighted by Gasteiger charge is -2.21. The van der Waals surface area contributed by atoms with Crippen molar-refractivity contribution in [1.29, 1.82) is 5.41 Å². The van der Waals surface area contributed by atoms with Crippen LogP contribution in [0.5, 0.6) is 0 Å². The smallest absolute Gasteiger partial charge is 0.324 e. The van der Waals surface area contributed by atoms with Gasteiger partial charge in [0.25, 0.3) is 0 Å². The van der Waals surface area contributed by atoms with Gasteiger partial charge in [-0.15, -0.1) is 0 Å². The number of amides is 2. The molecule has 6 nitrogen and oxygen atoms in total. The van der Waals surface area contributed by atoms with Gasteiger partial charge >= 0.3 is 6.03 Å². The van der Waals surface area contributed by atoms with Gasteiger partial charge in [0, 0.05) is 25.7 Å². The Labute approximate surface area is 123 Å². The van der Waals surface area contributed by atoms with E-state index in [1.807, 2.05) is 6.92 Å². The number of hydrogen-bond acceptors (Lipinski definition) is 3. The van der Waals surface area contributed by atoms with Crippen LogP contribution in [0.1, 0.15) is 25.5 Å². The number of carbonyl (C=O) groups is 1. The lowest BCUT2D eigenvalue weighted by Crippen LogP contribution is -2.48. The molecule has 0 saturated heterocycles. The molecule has 4 N–H and O–H groups in total. The van der Waals surface area contributed by atoms with Crippen molar-refractivity contribution >= 4 is 23.6 Å². The average Bonchev–Trinajstić information content (AvgIpc) is 2.41. The van der Waals surface area contributed by atoms with Crippen LogP contribution in [-0.2, 0) is 6.42 Å². The molecule has 110 valence electrons. The highest BCUT2D eigenvalue weighted by Crippen LogP contribution is 2.12. The molecule has 2 amide bonds. The van der Waals surface area contributed by atoms with Gasteiger partial charge < -0.3 is 11.1 Å². The Morgan fingerprint density at radius 2 is 2.35 bits per heavy atom. The minimum Gasteiger partial charge on any atom is -0.370 e. The summed E-state index contributed by atoms with van der Waals surface area (Å²) in [6.07, 6.45) is 3.97. The Kier molecular flexibility index (Phi) is 6.79. The minimum absolute atomic E-state index is 0.268. The molecule has 0 saturated carbocycles. The lowest BCUT2D eigenvalue weighted by molar-refractivity contribution is 0.220. The van der Waals surface area contributed by atoms with Gasteiger partial charge in [-0.05, 0) is 18.6 Å². The van der Waals surface area contributed by atoms with Gasteiger partial charge in [-0.25, -0.2) is 4.79 Å². The number of nitrogens with zero attached hydrogens (tertiary/aromatic N) is 2. The molecule has 0 unspecified atom stereocenters. The van der Waals surface area contributed by atoms with Crippen molar-refractivity contribution < 1.29 is 4.79 Å². The topological polar surface area (TPSA) is 95.1 Å². The zero-order chi connectivity index (χ0) is 15.0. The predicted octanol–water partition coefficient (Wildman–Crippen LogP) is 1.98. The monoisotopic (exact) mass is 297 g/mol. The predicted molar refractivity (Wildman–Crippen MR) is 79.9 cm³/mol. The summed E-state index contributed by atoms with van der Waals surface area (Å²) in [4.78, 5) is 17.2. The van der Waals surface area contributed by atoms with Crippen LogP contribution in [0.3, 0.4) is 0 Å². The first-order valence-electron chi connectivity index (χ1n) is 6.55. The maximum atomic E-state index is 11.9. The third-order valence-electron chi connectivity index (χ3n) is 2.75. The largest absolute Gasteiger partial charge is 0.370 e. The number of nitrogens with two attached hydrogens (primary N) is 1. The van der Waals surface area contributed by atoms with Gasteiger partial charge in [-0.2, -0.15) is 0 Å². The van der Waals surface area contributed by atoms with E-state index < -0.39 is 0 Å². The number of rotatable bonds is 6. The summed E-state index contributed by atoms with van der Waals surface area (Å²) < 4.78 is 0. The quantitative estimate of drug-likeness (QED) is 0.425. The first kappa shape index (κ1) is 16.2. The molecular weight excluding hydrogens is 278 g/mol. The maximum absolute atomic E-state index is 11.9. The van der Waals surface area contributed by atoms with Crippen molar-refractivity contribution in [2.75, 3.05) is 13.1 Å². The van der Waals surface area contributed by atoms with E-state index in [-0.39, 0.29) is 18.5 Å². The Hall–Kier alpha value is -1.82. The van der Waals surface area contributed by atoms with E-state index in [0.717, 1.165) is 12.8 Å². The summed E-state index contributed by atoms with van der Waals surface area (Å²) in [5, 5.41) is 10.7. The number of halogens is 1. The number of carbonyl (C=O) groups excluding carboxylic acids is 1. The molecule has 0 atom stereocenters. The highest BCUT2D eigenvalue weighted by Gasteiger charge is 2.16. The molecule has 0 radical (unpaired) electrons. The van der Waals surface area contributed by atoms with Gasteiger partial charge in [0.05, 0.1) is 10.7 Å². The van der Waals surface area contributed by atoms with E-state index in [4.69, 9.17) is 22.7 Å². The number of guanidine groups is 1. The molecule has 0 fully saturated rings. The van der Waals surface area contributed by atoms with E-state index >= 15 is 0 Å². The lowest BCUT2D eigenvalue weighted by atomic mass is 10.2. The third-order valence-corrected chi connectivity index (χ3v) is 3.09. The number of urea groups is 1. The first-order valence-corrected chi connectivity index (χ1v) is 6.92. The second kappa shape index (κ2) is 8.37. The van der Waals surface area contributed by atoms with Crippen LogP contribution in [0.15, 0.2) is 18.3 Å². The summed E-state index contributed by atoms with van der Waals surface area (Å²) in [5.74, 6) is -0.286. The minimum atomic E-state index is -0.363. The summed E-state index contributed by atoms with van der Waals surface area (Å²) in [7, 11) is 0. The molecule has 0 aromatic carbocycles. The molecule has 1 rings (SSSR count). The van der Waals surface area contributed by atoms with Crippen LogP contribution >= 0.6 is 11.6 Å². The van der Waals surface area contributed by atoms with Gasteiger partial charge in [0.15, 0.2) is 5.96 Å². The van der Waals surface area contributed by atoms with Crippen LogP contribution < -0.4 is 11.1 Å².